The van der Waals surface area contributed by atoms with Gasteiger partial charge < -0.3 is 43.7 Å². The van der Waals surface area contributed by atoms with Crippen molar-refractivity contribution in [2.24, 2.45) is 5.92 Å². The van der Waals surface area contributed by atoms with Gasteiger partial charge in [-0.15, -0.1) is 0 Å². The molecule has 146 valence electrons. The van der Waals surface area contributed by atoms with E-state index in [9.17, 15) is 14.4 Å². The van der Waals surface area contributed by atoms with Gasteiger partial charge >= 0.3 is 18.5 Å². The third-order valence-corrected chi connectivity index (χ3v) is 2.24. The van der Waals surface area contributed by atoms with Gasteiger partial charge in [0.05, 0.1) is 25.7 Å². The van der Waals surface area contributed by atoms with Crippen LogP contribution in [0.3, 0.4) is 0 Å². The Morgan fingerprint density at radius 2 is 0.840 bits per heavy atom. The van der Waals surface area contributed by atoms with Crippen molar-refractivity contribution in [3.8, 4) is 0 Å². The van der Waals surface area contributed by atoms with E-state index in [2.05, 4.69) is 14.2 Å². The monoisotopic (exact) mass is 370 g/mol. The van der Waals surface area contributed by atoms with E-state index in [0.717, 1.165) is 0 Å². The normalized spacial score (nSPS) is 10.1. The van der Waals surface area contributed by atoms with Gasteiger partial charge in [-0.3, -0.25) is 0 Å². The largest absolute Gasteiger partial charge is 0.508 e. The van der Waals surface area contributed by atoms with Crippen LogP contribution in [0.4, 0.5) is 14.4 Å². The highest BCUT2D eigenvalue weighted by Crippen LogP contribution is 2.04. The molecule has 0 aliphatic heterocycles. The van der Waals surface area contributed by atoms with Crippen LogP contribution in [-0.2, 0) is 28.4 Å². The Kier molecular flexibility index (Phi) is 13.8. The number of hydrogen-bond donors (Lipinski definition) is 3. The number of carbonyl (C=O) groups excluding carboxylic acids is 3. The van der Waals surface area contributed by atoms with Crippen LogP contribution in [0.25, 0.3) is 0 Å². The summed E-state index contributed by atoms with van der Waals surface area (Å²) in [7, 11) is 0. The molecule has 3 N–H and O–H groups in total. The highest BCUT2D eigenvalue weighted by molar-refractivity contribution is 5.60. The molecule has 0 bridgehead atoms. The summed E-state index contributed by atoms with van der Waals surface area (Å²) in [5.41, 5.74) is 0. The van der Waals surface area contributed by atoms with Crippen molar-refractivity contribution in [2.75, 3.05) is 59.5 Å². The quantitative estimate of drug-likeness (QED) is 0.285. The van der Waals surface area contributed by atoms with Crippen LogP contribution in [0.1, 0.15) is 0 Å². The molecular formula is C13H22O12. The Morgan fingerprint density at radius 3 is 1.08 bits per heavy atom. The van der Waals surface area contributed by atoms with Gasteiger partial charge in [0.2, 0.25) is 0 Å². The number of aliphatic hydroxyl groups is 3. The second-order valence-corrected chi connectivity index (χ2v) is 4.27. The van der Waals surface area contributed by atoms with Gasteiger partial charge in [-0.05, 0) is 0 Å². The minimum atomic E-state index is -1.07. The molecule has 0 aromatic heterocycles. The van der Waals surface area contributed by atoms with Crippen molar-refractivity contribution in [2.45, 2.75) is 0 Å². The average Bonchev–Trinajstić information content (AvgIpc) is 2.61. The average molecular weight is 370 g/mol. The molecule has 0 unspecified atom stereocenters. The number of ether oxygens (including phenoxy) is 6. The zero-order chi connectivity index (χ0) is 18.9. The molecular weight excluding hydrogens is 348 g/mol. The second-order valence-electron chi connectivity index (χ2n) is 4.27. The van der Waals surface area contributed by atoms with E-state index in [0.29, 0.717) is 0 Å². The molecule has 25 heavy (non-hydrogen) atoms. The summed E-state index contributed by atoms with van der Waals surface area (Å²) < 4.78 is 27.6. The van der Waals surface area contributed by atoms with Gasteiger partial charge in [-0.1, -0.05) is 0 Å². The maximum absolute atomic E-state index is 11.2. The fourth-order valence-electron chi connectivity index (χ4n) is 1.21. The molecule has 0 spiro atoms. The first-order valence-electron chi connectivity index (χ1n) is 7.24. The maximum Gasteiger partial charge on any atom is 0.508 e. The smallest absolute Gasteiger partial charge is 0.434 e. The first kappa shape index (κ1) is 22.7. The van der Waals surface area contributed by atoms with E-state index < -0.39 is 24.4 Å². The molecule has 0 rings (SSSR count). The molecule has 0 atom stereocenters. The first-order chi connectivity index (χ1) is 12.0. The molecule has 0 fully saturated rings. The van der Waals surface area contributed by atoms with E-state index in [-0.39, 0.29) is 59.5 Å². The van der Waals surface area contributed by atoms with Crippen LogP contribution in [-0.4, -0.2) is 93.2 Å². The van der Waals surface area contributed by atoms with E-state index >= 15 is 0 Å². The predicted molar refractivity (Wildman–Crippen MR) is 76.6 cm³/mol. The van der Waals surface area contributed by atoms with Crippen LogP contribution < -0.4 is 0 Å². The highest BCUT2D eigenvalue weighted by Gasteiger charge is 2.19. The van der Waals surface area contributed by atoms with E-state index in [1.165, 1.54) is 0 Å². The van der Waals surface area contributed by atoms with Crippen molar-refractivity contribution >= 4 is 18.5 Å². The number of carbonyl (C=O) groups is 3. The number of rotatable bonds is 12. The van der Waals surface area contributed by atoms with Gasteiger partial charge in [-0.2, -0.15) is 0 Å². The minimum absolute atomic E-state index is 0.253. The molecule has 0 aromatic rings. The van der Waals surface area contributed by atoms with Gasteiger partial charge in [0.15, 0.2) is 0 Å². The third kappa shape index (κ3) is 13.8. The lowest BCUT2D eigenvalue weighted by atomic mass is 10.2. The molecule has 0 radical (unpaired) electrons. The Balaban J connectivity index is 4.31. The zero-order valence-corrected chi connectivity index (χ0v) is 13.5. The minimum Gasteiger partial charge on any atom is -0.434 e. The lowest BCUT2D eigenvalue weighted by Gasteiger charge is -2.16. The van der Waals surface area contributed by atoms with Crippen molar-refractivity contribution < 1.29 is 58.1 Å². The van der Waals surface area contributed by atoms with Crippen LogP contribution in [0, 0.1) is 5.92 Å². The van der Waals surface area contributed by atoms with E-state index in [1.54, 1.807) is 0 Å². The molecule has 12 heteroatoms. The predicted octanol–water partition coefficient (Wildman–Crippen LogP) is -0.961. The summed E-state index contributed by atoms with van der Waals surface area (Å²) in [6.07, 6.45) is -3.20. The van der Waals surface area contributed by atoms with E-state index in [4.69, 9.17) is 29.5 Å². The van der Waals surface area contributed by atoms with Crippen LogP contribution in [0.2, 0.25) is 0 Å². The molecule has 0 aliphatic rings. The van der Waals surface area contributed by atoms with Gasteiger partial charge in [0.25, 0.3) is 0 Å². The van der Waals surface area contributed by atoms with Crippen molar-refractivity contribution in [3.63, 3.8) is 0 Å². The summed E-state index contributed by atoms with van der Waals surface area (Å²) in [5, 5.41) is 25.5. The molecule has 0 saturated carbocycles. The Hall–Kier alpha value is -2.31. The summed E-state index contributed by atoms with van der Waals surface area (Å²) in [6, 6.07) is 0. The first-order valence-corrected chi connectivity index (χ1v) is 7.24. The summed E-state index contributed by atoms with van der Waals surface area (Å²) >= 11 is 0. The fourth-order valence-corrected chi connectivity index (χ4v) is 1.21. The molecule has 0 aromatic carbocycles. The van der Waals surface area contributed by atoms with Crippen molar-refractivity contribution in [1.82, 2.24) is 0 Å². The van der Waals surface area contributed by atoms with Crippen LogP contribution in [0.5, 0.6) is 0 Å². The molecule has 0 saturated heterocycles. The third-order valence-electron chi connectivity index (χ3n) is 2.24. The highest BCUT2D eigenvalue weighted by atomic mass is 16.7. The van der Waals surface area contributed by atoms with Crippen LogP contribution in [0.15, 0.2) is 0 Å². The Labute approximate surface area is 143 Å². The maximum atomic E-state index is 11.2. The fraction of sp³-hybridized carbons (Fsp3) is 0.769. The van der Waals surface area contributed by atoms with E-state index in [1.807, 2.05) is 0 Å². The lowest BCUT2D eigenvalue weighted by Crippen LogP contribution is -2.27. The van der Waals surface area contributed by atoms with Crippen LogP contribution >= 0.6 is 0 Å². The molecule has 12 nitrogen and oxygen atoms in total. The number of hydrogen-bond acceptors (Lipinski definition) is 12. The summed E-state index contributed by atoms with van der Waals surface area (Å²) in [6.45, 7) is -2.87. The van der Waals surface area contributed by atoms with Gasteiger partial charge in [0.1, 0.15) is 39.6 Å². The summed E-state index contributed by atoms with van der Waals surface area (Å²) in [4.78, 5) is 33.6. The summed E-state index contributed by atoms with van der Waals surface area (Å²) in [5.74, 6) is -0.759. The molecule has 0 amide bonds. The van der Waals surface area contributed by atoms with Crippen molar-refractivity contribution in [3.05, 3.63) is 0 Å². The van der Waals surface area contributed by atoms with Crippen molar-refractivity contribution in [1.29, 1.82) is 0 Å². The SMILES string of the molecule is O=C(OCCO)OCC(COC(=O)OCCO)COC(=O)OCCO. The zero-order valence-electron chi connectivity index (χ0n) is 13.5. The molecule has 0 heterocycles. The molecule has 0 aliphatic carbocycles. The Morgan fingerprint density at radius 1 is 0.560 bits per heavy atom. The topological polar surface area (TPSA) is 167 Å². The standard InChI is InChI=1S/C13H22O12/c14-1-4-20-11(17)23-7-10(8-24-12(18)21-5-2-15)9-25-13(19)22-6-3-16/h10,14-16H,1-9H2. The second kappa shape index (κ2) is 15.2. The van der Waals surface area contributed by atoms with Gasteiger partial charge in [-0.25, -0.2) is 14.4 Å². The number of aliphatic hydroxyl groups excluding tert-OH is 3. The Bertz CT molecular complexity index is 328. The lowest BCUT2D eigenvalue weighted by molar-refractivity contribution is -0.0136. The van der Waals surface area contributed by atoms with Gasteiger partial charge in [0, 0.05) is 0 Å².